The van der Waals surface area contributed by atoms with Gasteiger partial charge in [-0.2, -0.15) is 0 Å². The zero-order valence-electron chi connectivity index (χ0n) is 14.5. The number of aromatic amines is 1. The Labute approximate surface area is 157 Å². The van der Waals surface area contributed by atoms with Gasteiger partial charge in [-0.25, -0.2) is 14.6 Å². The standard InChI is InChI=1S/C20H14N4O4/c25-18-16-14(19(26)27)9-15(13-7-4-8-21-10-13)22-17(16)24(20(28)23-18)11-12-5-2-1-3-6-12/h1-10H,11H2,(H,26,27)(H,23,25,28). The normalized spacial score (nSPS) is 10.9. The molecule has 0 amide bonds. The van der Waals surface area contributed by atoms with Gasteiger partial charge in [-0.15, -0.1) is 0 Å². The summed E-state index contributed by atoms with van der Waals surface area (Å²) in [4.78, 5) is 47.4. The Morgan fingerprint density at radius 3 is 2.57 bits per heavy atom. The molecule has 0 aliphatic carbocycles. The molecule has 2 N–H and O–H groups in total. The van der Waals surface area contributed by atoms with Crippen LogP contribution in [0, 0.1) is 0 Å². The van der Waals surface area contributed by atoms with Gasteiger partial charge in [0, 0.05) is 18.0 Å². The van der Waals surface area contributed by atoms with Crippen LogP contribution in [0.5, 0.6) is 0 Å². The fourth-order valence-corrected chi connectivity index (χ4v) is 3.02. The Bertz CT molecular complexity index is 1300. The predicted octanol–water partition coefficient (Wildman–Crippen LogP) is 1.89. The number of carboxylic acids is 1. The smallest absolute Gasteiger partial charge is 0.336 e. The Morgan fingerprint density at radius 1 is 1.11 bits per heavy atom. The number of hydrogen-bond donors (Lipinski definition) is 2. The molecule has 138 valence electrons. The number of pyridine rings is 2. The molecule has 0 radical (unpaired) electrons. The Balaban J connectivity index is 2.07. The quantitative estimate of drug-likeness (QED) is 0.563. The van der Waals surface area contributed by atoms with Gasteiger partial charge in [-0.05, 0) is 23.8 Å². The van der Waals surface area contributed by atoms with E-state index in [-0.39, 0.29) is 23.1 Å². The van der Waals surface area contributed by atoms with Gasteiger partial charge in [0.15, 0.2) is 5.65 Å². The van der Waals surface area contributed by atoms with Crippen molar-refractivity contribution in [2.75, 3.05) is 0 Å². The SMILES string of the molecule is O=C(O)c1cc(-c2cccnc2)nc2c1c(=O)[nH]c(=O)n2Cc1ccccc1. The van der Waals surface area contributed by atoms with E-state index in [1.165, 1.54) is 16.8 Å². The lowest BCUT2D eigenvalue weighted by molar-refractivity contribution is 0.0699. The summed E-state index contributed by atoms with van der Waals surface area (Å²) >= 11 is 0. The van der Waals surface area contributed by atoms with Crippen LogP contribution in [-0.2, 0) is 6.54 Å². The first-order valence-corrected chi connectivity index (χ1v) is 8.40. The van der Waals surface area contributed by atoms with Crippen LogP contribution in [-0.4, -0.2) is 30.6 Å². The van der Waals surface area contributed by atoms with Gasteiger partial charge in [0.05, 0.1) is 23.2 Å². The molecule has 0 saturated carbocycles. The summed E-state index contributed by atoms with van der Waals surface area (Å²) < 4.78 is 1.26. The molecule has 0 saturated heterocycles. The number of nitrogens with one attached hydrogen (secondary N) is 1. The van der Waals surface area contributed by atoms with Crippen LogP contribution in [0.25, 0.3) is 22.3 Å². The average Bonchev–Trinajstić information content (AvgIpc) is 2.71. The number of fused-ring (bicyclic) bond motifs is 1. The highest BCUT2D eigenvalue weighted by Crippen LogP contribution is 2.22. The van der Waals surface area contributed by atoms with Crippen LogP contribution in [0.3, 0.4) is 0 Å². The third-order valence-electron chi connectivity index (χ3n) is 4.32. The lowest BCUT2D eigenvalue weighted by Crippen LogP contribution is -2.32. The number of aromatic carboxylic acids is 1. The molecule has 0 fully saturated rings. The summed E-state index contributed by atoms with van der Waals surface area (Å²) in [7, 11) is 0. The summed E-state index contributed by atoms with van der Waals surface area (Å²) in [6, 6.07) is 13.9. The molecule has 0 atom stereocenters. The van der Waals surface area contributed by atoms with Gasteiger partial charge in [-0.3, -0.25) is 19.3 Å². The second-order valence-electron chi connectivity index (χ2n) is 6.13. The number of rotatable bonds is 4. The van der Waals surface area contributed by atoms with Crippen molar-refractivity contribution in [2.45, 2.75) is 6.54 Å². The highest BCUT2D eigenvalue weighted by Gasteiger charge is 2.19. The van der Waals surface area contributed by atoms with E-state index in [0.29, 0.717) is 11.3 Å². The number of benzene rings is 1. The van der Waals surface area contributed by atoms with Crippen molar-refractivity contribution in [3.63, 3.8) is 0 Å². The summed E-state index contributed by atoms with van der Waals surface area (Å²) in [6.45, 7) is 0.134. The molecule has 28 heavy (non-hydrogen) atoms. The van der Waals surface area contributed by atoms with Gasteiger partial charge >= 0.3 is 11.7 Å². The van der Waals surface area contributed by atoms with Crippen molar-refractivity contribution in [2.24, 2.45) is 0 Å². The second-order valence-corrected chi connectivity index (χ2v) is 6.13. The van der Waals surface area contributed by atoms with Gasteiger partial charge in [0.25, 0.3) is 5.56 Å². The van der Waals surface area contributed by atoms with Crippen LogP contribution in [0.1, 0.15) is 15.9 Å². The van der Waals surface area contributed by atoms with E-state index in [1.54, 1.807) is 18.3 Å². The van der Waals surface area contributed by atoms with Crippen molar-refractivity contribution in [3.05, 3.63) is 92.9 Å². The van der Waals surface area contributed by atoms with Crippen molar-refractivity contribution < 1.29 is 9.90 Å². The number of H-pyrrole nitrogens is 1. The van der Waals surface area contributed by atoms with E-state index in [9.17, 15) is 19.5 Å². The summed E-state index contributed by atoms with van der Waals surface area (Å²) in [5, 5.41) is 9.50. The molecule has 0 aliphatic heterocycles. The van der Waals surface area contributed by atoms with E-state index in [4.69, 9.17) is 0 Å². The molecular formula is C20H14N4O4. The topological polar surface area (TPSA) is 118 Å². The first-order valence-electron chi connectivity index (χ1n) is 8.40. The van der Waals surface area contributed by atoms with Gasteiger partial charge in [0.1, 0.15) is 0 Å². The molecule has 8 heteroatoms. The molecule has 0 spiro atoms. The minimum absolute atomic E-state index is 0.0105. The summed E-state index contributed by atoms with van der Waals surface area (Å²) in [5.74, 6) is -1.28. The number of hydrogen-bond acceptors (Lipinski definition) is 5. The maximum atomic E-state index is 12.5. The highest BCUT2D eigenvalue weighted by atomic mass is 16.4. The maximum Gasteiger partial charge on any atom is 0.336 e. The van der Waals surface area contributed by atoms with Crippen LogP contribution >= 0.6 is 0 Å². The van der Waals surface area contributed by atoms with Crippen molar-refractivity contribution in [1.29, 1.82) is 0 Å². The summed E-state index contributed by atoms with van der Waals surface area (Å²) in [6.07, 6.45) is 3.12. The minimum Gasteiger partial charge on any atom is -0.478 e. The first-order chi connectivity index (χ1) is 13.5. The molecule has 4 aromatic rings. The number of carbonyl (C=O) groups is 1. The third kappa shape index (κ3) is 3.07. The van der Waals surface area contributed by atoms with E-state index >= 15 is 0 Å². The molecule has 3 heterocycles. The fourth-order valence-electron chi connectivity index (χ4n) is 3.02. The molecule has 1 aromatic carbocycles. The lowest BCUT2D eigenvalue weighted by atomic mass is 10.1. The fraction of sp³-hybridized carbons (Fsp3) is 0.0500. The Kier molecular flexibility index (Phi) is 4.29. The van der Waals surface area contributed by atoms with Crippen LogP contribution in [0.15, 0.2) is 70.5 Å². The van der Waals surface area contributed by atoms with Crippen LogP contribution < -0.4 is 11.2 Å². The number of carboxylic acid groups (broad SMARTS) is 1. The molecule has 4 rings (SSSR count). The Morgan fingerprint density at radius 2 is 1.89 bits per heavy atom. The molecule has 3 aromatic heterocycles. The van der Waals surface area contributed by atoms with Crippen LogP contribution in [0.4, 0.5) is 0 Å². The molecule has 0 unspecified atom stereocenters. The average molecular weight is 374 g/mol. The van der Waals surface area contributed by atoms with E-state index < -0.39 is 17.2 Å². The number of aromatic nitrogens is 4. The van der Waals surface area contributed by atoms with Crippen molar-refractivity contribution in [3.8, 4) is 11.3 Å². The lowest BCUT2D eigenvalue weighted by Gasteiger charge is -2.12. The van der Waals surface area contributed by atoms with Gasteiger partial charge < -0.3 is 5.11 Å². The number of nitrogens with zero attached hydrogens (tertiary/aromatic N) is 3. The summed E-state index contributed by atoms with van der Waals surface area (Å²) in [5.41, 5.74) is 0.0304. The predicted molar refractivity (Wildman–Crippen MR) is 102 cm³/mol. The molecular weight excluding hydrogens is 360 g/mol. The first kappa shape index (κ1) is 17.3. The zero-order valence-corrected chi connectivity index (χ0v) is 14.5. The van der Waals surface area contributed by atoms with E-state index in [1.807, 2.05) is 30.3 Å². The van der Waals surface area contributed by atoms with E-state index in [2.05, 4.69) is 15.0 Å². The maximum absolute atomic E-state index is 12.5. The highest BCUT2D eigenvalue weighted by molar-refractivity contribution is 6.02. The molecule has 8 nitrogen and oxygen atoms in total. The van der Waals surface area contributed by atoms with Gasteiger partial charge in [0.2, 0.25) is 0 Å². The van der Waals surface area contributed by atoms with Gasteiger partial charge in [-0.1, -0.05) is 30.3 Å². The van der Waals surface area contributed by atoms with Crippen molar-refractivity contribution in [1.82, 2.24) is 19.5 Å². The monoisotopic (exact) mass is 374 g/mol. The van der Waals surface area contributed by atoms with Crippen molar-refractivity contribution >= 4 is 17.0 Å². The van der Waals surface area contributed by atoms with Crippen LogP contribution in [0.2, 0.25) is 0 Å². The molecule has 0 aliphatic rings. The van der Waals surface area contributed by atoms with E-state index in [0.717, 1.165) is 5.56 Å². The third-order valence-corrected chi connectivity index (χ3v) is 4.32. The molecule has 0 bridgehead atoms. The second kappa shape index (κ2) is 6.92. The zero-order chi connectivity index (χ0) is 19.7. The Hall–Kier alpha value is -4.07. The minimum atomic E-state index is -1.28. The largest absolute Gasteiger partial charge is 0.478 e.